The number of para-hydroxylation sites is 1. The summed E-state index contributed by atoms with van der Waals surface area (Å²) in [6, 6.07) is 8.20. The Hall–Kier alpha value is -1.88. The van der Waals surface area contributed by atoms with Gasteiger partial charge >= 0.3 is 0 Å². The summed E-state index contributed by atoms with van der Waals surface area (Å²) in [5.74, 6) is -0.0887. The molecule has 3 rings (SSSR count). The van der Waals surface area contributed by atoms with Gasteiger partial charge in [-0.1, -0.05) is 24.6 Å². The largest absolute Gasteiger partial charge is 0.349 e. The van der Waals surface area contributed by atoms with Crippen molar-refractivity contribution in [2.24, 2.45) is 7.05 Å². The molecular formula is C15H20N4O. The van der Waals surface area contributed by atoms with Crippen LogP contribution in [0, 0.1) is 0 Å². The molecule has 1 aromatic carbocycles. The number of benzene rings is 1. The number of fused-ring (bicyclic) bond motifs is 1. The van der Waals surface area contributed by atoms with Gasteiger partial charge in [0, 0.05) is 25.0 Å². The number of nitrogens with one attached hydrogen (secondary N) is 2. The highest BCUT2D eigenvalue weighted by atomic mass is 16.1. The zero-order valence-corrected chi connectivity index (χ0v) is 11.7. The minimum absolute atomic E-state index is 0.0887. The number of carbonyl (C=O) groups excluding carboxylic acids is 1. The van der Waals surface area contributed by atoms with Crippen LogP contribution in [0.3, 0.4) is 0 Å². The molecule has 1 saturated heterocycles. The van der Waals surface area contributed by atoms with Crippen LogP contribution in [0.15, 0.2) is 24.3 Å². The Labute approximate surface area is 118 Å². The van der Waals surface area contributed by atoms with Gasteiger partial charge in [0.1, 0.15) is 0 Å². The first-order chi connectivity index (χ1) is 9.75. The van der Waals surface area contributed by atoms with Crippen LogP contribution in [0.5, 0.6) is 0 Å². The SMILES string of the molecule is Cn1nc(C(=O)NCC2CCCCN2)c2ccccc21. The minimum atomic E-state index is -0.0887. The van der Waals surface area contributed by atoms with Crippen LogP contribution in [-0.4, -0.2) is 34.8 Å². The Balaban J connectivity index is 1.72. The molecule has 1 atom stereocenters. The molecule has 2 heterocycles. The van der Waals surface area contributed by atoms with E-state index in [0.29, 0.717) is 18.3 Å². The summed E-state index contributed by atoms with van der Waals surface area (Å²) >= 11 is 0. The predicted octanol–water partition coefficient (Wildman–Crippen LogP) is 1.45. The average Bonchev–Trinajstić information content (AvgIpc) is 2.84. The lowest BCUT2D eigenvalue weighted by molar-refractivity contribution is 0.0943. The maximum atomic E-state index is 12.3. The second kappa shape index (κ2) is 5.63. The van der Waals surface area contributed by atoms with Gasteiger partial charge in [0.25, 0.3) is 5.91 Å². The molecule has 20 heavy (non-hydrogen) atoms. The first kappa shape index (κ1) is 13.1. The third-order valence-electron chi connectivity index (χ3n) is 3.89. The smallest absolute Gasteiger partial charge is 0.272 e. The maximum Gasteiger partial charge on any atom is 0.272 e. The first-order valence-electron chi connectivity index (χ1n) is 7.19. The van der Waals surface area contributed by atoms with Crippen molar-refractivity contribution in [1.29, 1.82) is 0 Å². The second-order valence-electron chi connectivity index (χ2n) is 5.35. The molecule has 1 amide bonds. The number of nitrogens with zero attached hydrogens (tertiary/aromatic N) is 2. The van der Waals surface area contributed by atoms with E-state index in [1.807, 2.05) is 31.3 Å². The Morgan fingerprint density at radius 1 is 1.45 bits per heavy atom. The highest BCUT2D eigenvalue weighted by molar-refractivity contribution is 6.04. The Kier molecular flexibility index (Phi) is 3.69. The van der Waals surface area contributed by atoms with Crippen LogP contribution in [0.25, 0.3) is 10.9 Å². The van der Waals surface area contributed by atoms with E-state index in [-0.39, 0.29) is 5.91 Å². The summed E-state index contributed by atoms with van der Waals surface area (Å²) in [6.45, 7) is 1.72. The van der Waals surface area contributed by atoms with Crippen LogP contribution in [0.2, 0.25) is 0 Å². The molecule has 106 valence electrons. The first-order valence-corrected chi connectivity index (χ1v) is 7.19. The van der Waals surface area contributed by atoms with E-state index in [1.165, 1.54) is 12.8 Å². The number of hydrogen-bond acceptors (Lipinski definition) is 3. The van der Waals surface area contributed by atoms with Gasteiger partial charge in [-0.15, -0.1) is 0 Å². The van der Waals surface area contributed by atoms with E-state index in [0.717, 1.165) is 23.9 Å². The molecule has 2 N–H and O–H groups in total. The number of rotatable bonds is 3. The average molecular weight is 272 g/mol. The molecule has 0 radical (unpaired) electrons. The summed E-state index contributed by atoms with van der Waals surface area (Å²) in [6.07, 6.45) is 3.60. The van der Waals surface area contributed by atoms with E-state index >= 15 is 0 Å². The number of carbonyl (C=O) groups is 1. The summed E-state index contributed by atoms with van der Waals surface area (Å²) in [4.78, 5) is 12.3. The van der Waals surface area contributed by atoms with E-state index in [4.69, 9.17) is 0 Å². The third-order valence-corrected chi connectivity index (χ3v) is 3.89. The fourth-order valence-corrected chi connectivity index (χ4v) is 2.78. The molecule has 1 fully saturated rings. The Morgan fingerprint density at radius 3 is 3.10 bits per heavy atom. The van der Waals surface area contributed by atoms with Crippen molar-refractivity contribution in [3.05, 3.63) is 30.0 Å². The lowest BCUT2D eigenvalue weighted by atomic mass is 10.1. The normalized spacial score (nSPS) is 19.1. The van der Waals surface area contributed by atoms with Crippen molar-refractivity contribution in [3.8, 4) is 0 Å². The topological polar surface area (TPSA) is 59.0 Å². The molecule has 5 nitrogen and oxygen atoms in total. The monoisotopic (exact) mass is 272 g/mol. The van der Waals surface area contributed by atoms with Crippen molar-refractivity contribution in [2.75, 3.05) is 13.1 Å². The molecule has 2 aromatic rings. The van der Waals surface area contributed by atoms with Gasteiger partial charge in [0.2, 0.25) is 0 Å². The van der Waals surface area contributed by atoms with Gasteiger partial charge < -0.3 is 10.6 Å². The summed E-state index contributed by atoms with van der Waals surface area (Å²) < 4.78 is 1.75. The van der Waals surface area contributed by atoms with E-state index < -0.39 is 0 Å². The van der Waals surface area contributed by atoms with Crippen LogP contribution in [0.1, 0.15) is 29.8 Å². The molecule has 0 bridgehead atoms. The third kappa shape index (κ3) is 2.54. The van der Waals surface area contributed by atoms with Gasteiger partial charge in [0.05, 0.1) is 5.52 Å². The van der Waals surface area contributed by atoms with Crippen molar-refractivity contribution < 1.29 is 4.79 Å². The van der Waals surface area contributed by atoms with Crippen LogP contribution in [-0.2, 0) is 7.05 Å². The van der Waals surface area contributed by atoms with Gasteiger partial charge in [-0.2, -0.15) is 5.10 Å². The maximum absolute atomic E-state index is 12.3. The Bertz CT molecular complexity index is 613. The number of amides is 1. The highest BCUT2D eigenvalue weighted by Crippen LogP contribution is 2.17. The molecule has 0 spiro atoms. The van der Waals surface area contributed by atoms with E-state index in [9.17, 15) is 4.79 Å². The molecule has 1 aliphatic rings. The van der Waals surface area contributed by atoms with E-state index in [2.05, 4.69) is 15.7 Å². The molecule has 1 unspecified atom stereocenters. The fraction of sp³-hybridized carbons (Fsp3) is 0.467. The fourth-order valence-electron chi connectivity index (χ4n) is 2.78. The number of aryl methyl sites for hydroxylation is 1. The van der Waals surface area contributed by atoms with Crippen LogP contribution in [0.4, 0.5) is 0 Å². The van der Waals surface area contributed by atoms with E-state index in [1.54, 1.807) is 4.68 Å². The zero-order chi connectivity index (χ0) is 13.9. The van der Waals surface area contributed by atoms with Gasteiger partial charge in [-0.25, -0.2) is 0 Å². The van der Waals surface area contributed by atoms with Gasteiger partial charge in [-0.3, -0.25) is 9.48 Å². The minimum Gasteiger partial charge on any atom is -0.349 e. The van der Waals surface area contributed by atoms with Gasteiger partial charge in [-0.05, 0) is 25.5 Å². The zero-order valence-electron chi connectivity index (χ0n) is 11.7. The molecule has 0 aliphatic carbocycles. The quantitative estimate of drug-likeness (QED) is 0.889. The Morgan fingerprint density at radius 2 is 2.30 bits per heavy atom. The van der Waals surface area contributed by atoms with Crippen LogP contribution < -0.4 is 10.6 Å². The summed E-state index contributed by atoms with van der Waals surface area (Å²) in [7, 11) is 1.86. The molecule has 5 heteroatoms. The molecular weight excluding hydrogens is 252 g/mol. The van der Waals surface area contributed by atoms with Crippen molar-refractivity contribution >= 4 is 16.8 Å². The van der Waals surface area contributed by atoms with Crippen molar-refractivity contribution in [1.82, 2.24) is 20.4 Å². The highest BCUT2D eigenvalue weighted by Gasteiger charge is 2.18. The number of piperidine rings is 1. The predicted molar refractivity (Wildman–Crippen MR) is 78.7 cm³/mol. The molecule has 1 aromatic heterocycles. The standard InChI is InChI=1S/C15H20N4O/c1-19-13-8-3-2-7-12(13)14(18-19)15(20)17-10-11-6-4-5-9-16-11/h2-3,7-8,11,16H,4-6,9-10H2,1H3,(H,17,20). The van der Waals surface area contributed by atoms with Crippen molar-refractivity contribution in [3.63, 3.8) is 0 Å². The lowest BCUT2D eigenvalue weighted by Crippen LogP contribution is -2.43. The summed E-state index contributed by atoms with van der Waals surface area (Å²) in [5, 5.41) is 11.7. The van der Waals surface area contributed by atoms with Crippen LogP contribution >= 0.6 is 0 Å². The molecule has 1 aliphatic heterocycles. The van der Waals surface area contributed by atoms with Crippen molar-refractivity contribution in [2.45, 2.75) is 25.3 Å². The number of hydrogen-bond donors (Lipinski definition) is 2. The number of aromatic nitrogens is 2. The lowest BCUT2D eigenvalue weighted by Gasteiger charge is -2.23. The second-order valence-corrected chi connectivity index (χ2v) is 5.35. The van der Waals surface area contributed by atoms with Gasteiger partial charge in [0.15, 0.2) is 5.69 Å². The summed E-state index contributed by atoms with van der Waals surface area (Å²) in [5.41, 5.74) is 1.49. The molecule has 0 saturated carbocycles.